The van der Waals surface area contributed by atoms with E-state index in [2.05, 4.69) is 10.3 Å². The van der Waals surface area contributed by atoms with Gasteiger partial charge in [0.1, 0.15) is 11.2 Å². The smallest absolute Gasteiger partial charge is 0.239 e. The van der Waals surface area contributed by atoms with Gasteiger partial charge in [0, 0.05) is 26.0 Å². The summed E-state index contributed by atoms with van der Waals surface area (Å²) >= 11 is 0. The second-order valence-corrected chi connectivity index (χ2v) is 6.39. The Labute approximate surface area is 146 Å². The van der Waals surface area contributed by atoms with Gasteiger partial charge >= 0.3 is 0 Å². The molecule has 0 bridgehead atoms. The van der Waals surface area contributed by atoms with Crippen molar-refractivity contribution in [1.29, 1.82) is 0 Å². The number of amides is 2. The number of nitrogens with zero attached hydrogens (tertiary/aromatic N) is 2. The number of halogens is 1. The van der Waals surface area contributed by atoms with Gasteiger partial charge in [-0.05, 0) is 50.1 Å². The van der Waals surface area contributed by atoms with Crippen LogP contribution in [0.4, 0.5) is 10.1 Å². The molecule has 0 spiro atoms. The van der Waals surface area contributed by atoms with Crippen molar-refractivity contribution in [2.24, 2.45) is 5.41 Å². The largest absolute Gasteiger partial charge is 0.345 e. The number of aromatic nitrogens is 1. The molecule has 2 aromatic rings. The van der Waals surface area contributed by atoms with Crippen LogP contribution in [-0.4, -0.2) is 35.3 Å². The molecule has 132 valence electrons. The molecule has 1 aromatic carbocycles. The van der Waals surface area contributed by atoms with Crippen LogP contribution in [-0.2, 0) is 16.0 Å². The molecule has 6 heteroatoms. The van der Waals surface area contributed by atoms with Crippen molar-refractivity contribution in [2.45, 2.75) is 20.3 Å². The van der Waals surface area contributed by atoms with E-state index in [0.717, 1.165) is 5.56 Å². The quantitative estimate of drug-likeness (QED) is 0.821. The molecule has 0 atom stereocenters. The average Bonchev–Trinajstić information content (AvgIpc) is 2.61. The Bertz CT molecular complexity index is 747. The molecular formula is C19H22FN3O2. The topological polar surface area (TPSA) is 62.3 Å². The third-order valence-corrected chi connectivity index (χ3v) is 4.06. The molecule has 1 aromatic heterocycles. The van der Waals surface area contributed by atoms with Crippen LogP contribution in [0, 0.1) is 11.2 Å². The molecule has 0 fully saturated rings. The lowest BCUT2D eigenvalue weighted by Crippen LogP contribution is -2.46. The van der Waals surface area contributed by atoms with Crippen LogP contribution in [0.15, 0.2) is 48.8 Å². The molecule has 1 N–H and O–H groups in total. The summed E-state index contributed by atoms with van der Waals surface area (Å²) < 4.78 is 13.7. The lowest BCUT2D eigenvalue weighted by Gasteiger charge is -2.28. The Balaban J connectivity index is 2.00. The number of para-hydroxylation sites is 1. The normalized spacial score (nSPS) is 11.0. The first-order valence-electron chi connectivity index (χ1n) is 8.03. The Morgan fingerprint density at radius 2 is 1.80 bits per heavy atom. The summed E-state index contributed by atoms with van der Waals surface area (Å²) in [6, 6.07) is 9.64. The van der Waals surface area contributed by atoms with Gasteiger partial charge < -0.3 is 10.2 Å². The highest BCUT2D eigenvalue weighted by Crippen LogP contribution is 2.23. The lowest BCUT2D eigenvalue weighted by atomic mass is 9.90. The van der Waals surface area contributed by atoms with Crippen LogP contribution in [0.2, 0.25) is 0 Å². The minimum Gasteiger partial charge on any atom is -0.345 e. The fourth-order valence-electron chi connectivity index (χ4n) is 2.36. The predicted octanol–water partition coefficient (Wildman–Crippen LogP) is 2.89. The van der Waals surface area contributed by atoms with Crippen molar-refractivity contribution in [1.82, 2.24) is 9.88 Å². The van der Waals surface area contributed by atoms with Gasteiger partial charge in [-0.15, -0.1) is 0 Å². The Morgan fingerprint density at radius 3 is 2.44 bits per heavy atom. The Morgan fingerprint density at radius 1 is 1.16 bits per heavy atom. The number of carbonyl (C=O) groups excluding carboxylic acids is 2. The molecule has 0 aliphatic rings. The minimum atomic E-state index is -1.31. The summed E-state index contributed by atoms with van der Waals surface area (Å²) in [6.07, 6.45) is 4.06. The number of hydrogen-bond donors (Lipinski definition) is 1. The summed E-state index contributed by atoms with van der Waals surface area (Å²) in [5.74, 6) is -1.40. The van der Waals surface area contributed by atoms with Crippen LogP contribution in [0.5, 0.6) is 0 Å². The third-order valence-electron chi connectivity index (χ3n) is 4.06. The first kappa shape index (κ1) is 18.6. The molecule has 1 heterocycles. The highest BCUT2D eigenvalue weighted by Gasteiger charge is 2.38. The number of anilines is 1. The number of carbonyl (C=O) groups is 2. The fourth-order valence-corrected chi connectivity index (χ4v) is 2.36. The molecule has 0 aliphatic carbocycles. The second kappa shape index (κ2) is 7.88. The van der Waals surface area contributed by atoms with Crippen LogP contribution < -0.4 is 5.32 Å². The molecule has 25 heavy (non-hydrogen) atoms. The molecule has 0 radical (unpaired) electrons. The minimum absolute atomic E-state index is 0.0628. The summed E-state index contributed by atoms with van der Waals surface area (Å²) in [7, 11) is 1.65. The molecular weight excluding hydrogens is 321 g/mol. The maximum atomic E-state index is 13.7. The van der Waals surface area contributed by atoms with Gasteiger partial charge in [0.25, 0.3) is 0 Å². The summed E-state index contributed by atoms with van der Waals surface area (Å²) in [6.45, 7) is 3.54. The molecule has 0 saturated heterocycles. The molecule has 0 saturated carbocycles. The number of benzene rings is 1. The summed E-state index contributed by atoms with van der Waals surface area (Å²) in [4.78, 5) is 30.6. The van der Waals surface area contributed by atoms with Crippen LogP contribution >= 0.6 is 0 Å². The SMILES string of the molecule is CN(CCc1ccncc1)C(=O)C(C)(C)C(=O)Nc1ccccc1F. The van der Waals surface area contributed by atoms with Crippen molar-refractivity contribution in [3.05, 3.63) is 60.2 Å². The second-order valence-electron chi connectivity index (χ2n) is 6.39. The zero-order valence-electron chi connectivity index (χ0n) is 14.6. The van der Waals surface area contributed by atoms with Crippen LogP contribution in [0.25, 0.3) is 0 Å². The van der Waals surface area contributed by atoms with Gasteiger partial charge in [-0.2, -0.15) is 0 Å². The van der Waals surface area contributed by atoms with Crippen molar-refractivity contribution in [3.8, 4) is 0 Å². The van der Waals surface area contributed by atoms with E-state index in [9.17, 15) is 14.0 Å². The van der Waals surface area contributed by atoms with E-state index < -0.39 is 17.1 Å². The highest BCUT2D eigenvalue weighted by molar-refractivity contribution is 6.09. The van der Waals surface area contributed by atoms with Gasteiger partial charge in [-0.1, -0.05) is 12.1 Å². The van der Waals surface area contributed by atoms with Crippen molar-refractivity contribution in [2.75, 3.05) is 18.9 Å². The standard InChI is InChI=1S/C19H22FN3O2/c1-19(2,17(24)22-16-7-5-4-6-15(16)20)18(25)23(3)13-10-14-8-11-21-12-9-14/h4-9,11-12H,10,13H2,1-3H3,(H,22,24). The number of likely N-dealkylation sites (N-methyl/N-ethyl adjacent to an activating group) is 1. The maximum Gasteiger partial charge on any atom is 0.239 e. The Hall–Kier alpha value is -2.76. The van der Waals surface area contributed by atoms with Crippen molar-refractivity contribution in [3.63, 3.8) is 0 Å². The molecule has 0 unspecified atom stereocenters. The van der Waals surface area contributed by atoms with Gasteiger partial charge in [-0.25, -0.2) is 4.39 Å². The van der Waals surface area contributed by atoms with Gasteiger partial charge in [0.05, 0.1) is 5.69 Å². The summed E-state index contributed by atoms with van der Waals surface area (Å²) in [5, 5.41) is 2.49. The molecule has 2 rings (SSSR count). The van der Waals surface area contributed by atoms with E-state index in [1.807, 2.05) is 12.1 Å². The van der Waals surface area contributed by atoms with Gasteiger partial charge in [-0.3, -0.25) is 14.6 Å². The maximum absolute atomic E-state index is 13.7. The number of hydrogen-bond acceptors (Lipinski definition) is 3. The first-order chi connectivity index (χ1) is 11.8. The zero-order chi connectivity index (χ0) is 18.4. The Kier molecular flexibility index (Phi) is 5.85. The first-order valence-corrected chi connectivity index (χ1v) is 8.03. The third kappa shape index (κ3) is 4.62. The number of nitrogens with one attached hydrogen (secondary N) is 1. The van der Waals surface area contributed by atoms with E-state index in [0.29, 0.717) is 13.0 Å². The van der Waals surface area contributed by atoms with Crippen LogP contribution in [0.3, 0.4) is 0 Å². The van der Waals surface area contributed by atoms with Crippen LogP contribution in [0.1, 0.15) is 19.4 Å². The van der Waals surface area contributed by atoms with Crippen molar-refractivity contribution >= 4 is 17.5 Å². The van der Waals surface area contributed by atoms with E-state index in [1.165, 1.54) is 36.9 Å². The monoisotopic (exact) mass is 343 g/mol. The average molecular weight is 343 g/mol. The molecule has 5 nitrogen and oxygen atoms in total. The zero-order valence-corrected chi connectivity index (χ0v) is 14.6. The number of rotatable bonds is 6. The van der Waals surface area contributed by atoms with E-state index in [1.54, 1.807) is 25.5 Å². The van der Waals surface area contributed by atoms with E-state index in [-0.39, 0.29) is 11.6 Å². The van der Waals surface area contributed by atoms with Crippen molar-refractivity contribution < 1.29 is 14.0 Å². The lowest BCUT2D eigenvalue weighted by molar-refractivity contribution is -0.145. The molecule has 2 amide bonds. The van der Waals surface area contributed by atoms with Gasteiger partial charge in [0.2, 0.25) is 11.8 Å². The fraction of sp³-hybridized carbons (Fsp3) is 0.316. The number of pyridine rings is 1. The predicted molar refractivity (Wildman–Crippen MR) is 94.4 cm³/mol. The molecule has 0 aliphatic heterocycles. The van der Waals surface area contributed by atoms with E-state index >= 15 is 0 Å². The van der Waals surface area contributed by atoms with Gasteiger partial charge in [0.15, 0.2) is 0 Å². The summed E-state index contributed by atoms with van der Waals surface area (Å²) in [5.41, 5.74) is -0.189. The van der Waals surface area contributed by atoms with E-state index in [4.69, 9.17) is 0 Å². The highest BCUT2D eigenvalue weighted by atomic mass is 19.1.